The molecule has 2 aromatic heterocycles. The van der Waals surface area contributed by atoms with Crippen LogP contribution in [0.25, 0.3) is 0 Å². The zero-order valence-corrected chi connectivity index (χ0v) is 11.9. The molecule has 106 valence electrons. The Kier molecular flexibility index (Phi) is 4.34. The molecule has 0 bridgehead atoms. The van der Waals surface area contributed by atoms with Crippen molar-refractivity contribution >= 4 is 11.7 Å². The van der Waals surface area contributed by atoms with Gasteiger partial charge in [0.1, 0.15) is 5.82 Å². The maximum absolute atomic E-state index is 12.2. The zero-order chi connectivity index (χ0) is 14.5. The lowest BCUT2D eigenvalue weighted by molar-refractivity contribution is 0.0936. The molecule has 2 heterocycles. The van der Waals surface area contributed by atoms with Gasteiger partial charge in [0.2, 0.25) is 0 Å². The lowest BCUT2D eigenvalue weighted by Gasteiger charge is -2.16. The summed E-state index contributed by atoms with van der Waals surface area (Å²) in [5.74, 6) is 0.669. The van der Waals surface area contributed by atoms with Gasteiger partial charge in [0, 0.05) is 50.8 Å². The second kappa shape index (κ2) is 6.18. The number of hydrogen-bond donors (Lipinski definition) is 1. The van der Waals surface area contributed by atoms with E-state index in [2.05, 4.69) is 15.3 Å². The van der Waals surface area contributed by atoms with Crippen molar-refractivity contribution in [1.29, 1.82) is 0 Å². The van der Waals surface area contributed by atoms with Crippen LogP contribution in [0.5, 0.6) is 0 Å². The van der Waals surface area contributed by atoms with Gasteiger partial charge >= 0.3 is 0 Å². The Hall–Kier alpha value is -2.37. The molecule has 1 N–H and O–H groups in total. The molecule has 0 radical (unpaired) electrons. The number of carbonyl (C=O) groups is 1. The van der Waals surface area contributed by atoms with E-state index in [1.54, 1.807) is 30.9 Å². The number of nitrogens with zero attached hydrogens (tertiary/aromatic N) is 4. The molecule has 1 unspecified atom stereocenters. The van der Waals surface area contributed by atoms with Crippen molar-refractivity contribution in [2.75, 3.05) is 19.0 Å². The first-order valence-electron chi connectivity index (χ1n) is 6.46. The molecule has 0 saturated carbocycles. The normalized spacial score (nSPS) is 11.9. The Morgan fingerprint density at radius 1 is 1.45 bits per heavy atom. The van der Waals surface area contributed by atoms with Crippen molar-refractivity contribution in [3.63, 3.8) is 0 Å². The second-order valence-corrected chi connectivity index (χ2v) is 4.93. The molecular weight excluding hydrogens is 254 g/mol. The number of anilines is 1. The van der Waals surface area contributed by atoms with Crippen LogP contribution >= 0.6 is 0 Å². The summed E-state index contributed by atoms with van der Waals surface area (Å²) in [4.78, 5) is 22.2. The molecule has 20 heavy (non-hydrogen) atoms. The average molecular weight is 273 g/mol. The first-order chi connectivity index (χ1) is 9.56. The standard InChI is InChI=1S/C14H19N5O/c1-11(9-19-7-6-15-10-19)17-14(20)12-4-5-16-13(8-12)18(2)3/h4-8,10-11H,9H2,1-3H3,(H,17,20). The van der Waals surface area contributed by atoms with Gasteiger partial charge < -0.3 is 14.8 Å². The van der Waals surface area contributed by atoms with Crippen molar-refractivity contribution in [2.24, 2.45) is 0 Å². The third-order valence-electron chi connectivity index (χ3n) is 2.89. The SMILES string of the molecule is CC(Cn1ccnc1)NC(=O)c1ccnc(N(C)C)c1. The van der Waals surface area contributed by atoms with Crippen LogP contribution in [0, 0.1) is 0 Å². The highest BCUT2D eigenvalue weighted by molar-refractivity contribution is 5.94. The maximum Gasteiger partial charge on any atom is 0.251 e. The van der Waals surface area contributed by atoms with Crippen LogP contribution in [0.2, 0.25) is 0 Å². The van der Waals surface area contributed by atoms with Crippen molar-refractivity contribution in [1.82, 2.24) is 19.9 Å². The zero-order valence-electron chi connectivity index (χ0n) is 11.9. The fourth-order valence-electron chi connectivity index (χ4n) is 1.87. The fraction of sp³-hybridized carbons (Fsp3) is 0.357. The average Bonchev–Trinajstić information content (AvgIpc) is 2.91. The molecule has 0 aromatic carbocycles. The van der Waals surface area contributed by atoms with Crippen molar-refractivity contribution in [3.8, 4) is 0 Å². The minimum absolute atomic E-state index is 0.0210. The van der Waals surface area contributed by atoms with Crippen LogP contribution < -0.4 is 10.2 Å². The monoisotopic (exact) mass is 273 g/mol. The quantitative estimate of drug-likeness (QED) is 0.888. The van der Waals surface area contributed by atoms with E-state index in [4.69, 9.17) is 0 Å². The number of carbonyl (C=O) groups excluding carboxylic acids is 1. The number of rotatable bonds is 5. The molecule has 0 spiro atoms. The van der Waals surface area contributed by atoms with E-state index < -0.39 is 0 Å². The minimum atomic E-state index is -0.0943. The van der Waals surface area contributed by atoms with E-state index in [9.17, 15) is 4.79 Å². The second-order valence-electron chi connectivity index (χ2n) is 4.93. The van der Waals surface area contributed by atoms with E-state index in [1.807, 2.05) is 36.7 Å². The summed E-state index contributed by atoms with van der Waals surface area (Å²) in [6.07, 6.45) is 6.98. The molecule has 0 aliphatic rings. The predicted molar refractivity (Wildman–Crippen MR) is 77.7 cm³/mol. The van der Waals surface area contributed by atoms with Crippen LogP contribution in [0.4, 0.5) is 5.82 Å². The third kappa shape index (κ3) is 3.57. The van der Waals surface area contributed by atoms with Gasteiger partial charge in [-0.15, -0.1) is 0 Å². The molecule has 1 amide bonds. The summed E-state index contributed by atoms with van der Waals surface area (Å²) >= 11 is 0. The minimum Gasteiger partial charge on any atom is -0.363 e. The molecule has 2 rings (SSSR count). The van der Waals surface area contributed by atoms with Gasteiger partial charge in [-0.1, -0.05) is 0 Å². The van der Waals surface area contributed by atoms with Crippen LogP contribution in [-0.2, 0) is 6.54 Å². The Morgan fingerprint density at radius 2 is 2.25 bits per heavy atom. The van der Waals surface area contributed by atoms with E-state index in [0.717, 1.165) is 5.82 Å². The Balaban J connectivity index is 1.99. The fourth-order valence-corrected chi connectivity index (χ4v) is 1.87. The van der Waals surface area contributed by atoms with E-state index in [-0.39, 0.29) is 11.9 Å². The lowest BCUT2D eigenvalue weighted by atomic mass is 10.2. The topological polar surface area (TPSA) is 63.1 Å². The van der Waals surface area contributed by atoms with Gasteiger partial charge in [-0.3, -0.25) is 4.79 Å². The molecule has 0 aliphatic heterocycles. The molecule has 6 heteroatoms. The Morgan fingerprint density at radius 3 is 2.90 bits per heavy atom. The Bertz CT molecular complexity index is 565. The van der Waals surface area contributed by atoms with Gasteiger partial charge in [0.15, 0.2) is 0 Å². The number of imidazole rings is 1. The highest BCUT2D eigenvalue weighted by atomic mass is 16.1. The molecule has 0 aliphatic carbocycles. The lowest BCUT2D eigenvalue weighted by Crippen LogP contribution is -2.35. The smallest absolute Gasteiger partial charge is 0.251 e. The van der Waals surface area contributed by atoms with E-state index >= 15 is 0 Å². The van der Waals surface area contributed by atoms with Crippen molar-refractivity contribution in [2.45, 2.75) is 19.5 Å². The largest absolute Gasteiger partial charge is 0.363 e. The van der Waals surface area contributed by atoms with Gasteiger partial charge in [-0.05, 0) is 19.1 Å². The number of aromatic nitrogens is 3. The third-order valence-corrected chi connectivity index (χ3v) is 2.89. The van der Waals surface area contributed by atoms with Crippen LogP contribution in [0.3, 0.4) is 0 Å². The summed E-state index contributed by atoms with van der Waals surface area (Å²) in [5, 5.41) is 2.97. The first-order valence-corrected chi connectivity index (χ1v) is 6.46. The number of amides is 1. The van der Waals surface area contributed by atoms with Crippen LogP contribution in [0.15, 0.2) is 37.1 Å². The first kappa shape index (κ1) is 14.0. The molecule has 0 saturated heterocycles. The van der Waals surface area contributed by atoms with E-state index in [1.165, 1.54) is 0 Å². The van der Waals surface area contributed by atoms with Crippen molar-refractivity contribution < 1.29 is 4.79 Å². The Labute approximate surface area is 118 Å². The van der Waals surface area contributed by atoms with Gasteiger partial charge in [-0.25, -0.2) is 9.97 Å². The van der Waals surface area contributed by atoms with Gasteiger partial charge in [-0.2, -0.15) is 0 Å². The molecule has 6 nitrogen and oxygen atoms in total. The highest BCUT2D eigenvalue weighted by Gasteiger charge is 2.11. The molecule has 0 fully saturated rings. The predicted octanol–water partition coefficient (Wildman–Crippen LogP) is 1.16. The number of hydrogen-bond acceptors (Lipinski definition) is 4. The summed E-state index contributed by atoms with van der Waals surface area (Å²) in [6.45, 7) is 2.66. The molecule has 1 atom stereocenters. The molecular formula is C14H19N5O. The van der Waals surface area contributed by atoms with Gasteiger partial charge in [0.05, 0.1) is 6.33 Å². The van der Waals surface area contributed by atoms with E-state index in [0.29, 0.717) is 12.1 Å². The number of nitrogens with one attached hydrogen (secondary N) is 1. The van der Waals surface area contributed by atoms with Crippen molar-refractivity contribution in [3.05, 3.63) is 42.6 Å². The van der Waals surface area contributed by atoms with Crippen LogP contribution in [0.1, 0.15) is 17.3 Å². The summed E-state index contributed by atoms with van der Waals surface area (Å²) < 4.78 is 1.93. The number of pyridine rings is 1. The summed E-state index contributed by atoms with van der Waals surface area (Å²) in [5.41, 5.74) is 0.612. The maximum atomic E-state index is 12.2. The highest BCUT2D eigenvalue weighted by Crippen LogP contribution is 2.09. The molecule has 2 aromatic rings. The summed E-state index contributed by atoms with van der Waals surface area (Å²) in [6, 6.07) is 3.51. The van der Waals surface area contributed by atoms with Gasteiger partial charge in [0.25, 0.3) is 5.91 Å². The summed E-state index contributed by atoms with van der Waals surface area (Å²) in [7, 11) is 3.79. The van der Waals surface area contributed by atoms with Crippen LogP contribution in [-0.4, -0.2) is 40.6 Å².